The molecule has 0 aliphatic carbocycles. The van der Waals surface area contributed by atoms with E-state index in [-0.39, 0.29) is 11.8 Å². The summed E-state index contributed by atoms with van der Waals surface area (Å²) in [7, 11) is 1.87. The minimum atomic E-state index is -1.08. The number of hydrogen-bond donors (Lipinski definition) is 1. The number of piperidine rings is 1. The number of hydrogen-bond acceptors (Lipinski definition) is 4. The maximum atomic E-state index is 11.7. The number of aliphatic carboxylic acids is 1. The van der Waals surface area contributed by atoms with Crippen LogP contribution in [0.4, 0.5) is 0 Å². The van der Waals surface area contributed by atoms with Crippen LogP contribution < -0.4 is 0 Å². The molecule has 7 nitrogen and oxygen atoms in total. The Bertz CT molecular complexity index is 457. The quantitative estimate of drug-likeness (QED) is 0.765. The second kappa shape index (κ2) is 5.16. The third-order valence-electron chi connectivity index (χ3n) is 3.19. The maximum Gasteiger partial charge on any atom is 0.312 e. The summed E-state index contributed by atoms with van der Waals surface area (Å²) in [6, 6.07) is 0. The maximum absolute atomic E-state index is 11.7. The first-order chi connectivity index (χ1) is 8.58. The normalized spacial score (nSPS) is 19.8. The molecular formula is C11H16N4O3. The average Bonchev–Trinajstić information content (AvgIpc) is 2.75. The van der Waals surface area contributed by atoms with Gasteiger partial charge < -0.3 is 14.6 Å². The van der Waals surface area contributed by atoms with Crippen molar-refractivity contribution in [1.29, 1.82) is 0 Å². The smallest absolute Gasteiger partial charge is 0.312 e. The predicted molar refractivity (Wildman–Crippen MR) is 61.8 cm³/mol. The van der Waals surface area contributed by atoms with E-state index in [9.17, 15) is 9.59 Å². The largest absolute Gasteiger partial charge is 0.481 e. The Morgan fingerprint density at radius 3 is 2.94 bits per heavy atom. The molecule has 1 atom stereocenters. The molecule has 18 heavy (non-hydrogen) atoms. The molecule has 2 heterocycles. The van der Waals surface area contributed by atoms with E-state index < -0.39 is 12.4 Å². The van der Waals surface area contributed by atoms with Crippen molar-refractivity contribution in [3.63, 3.8) is 0 Å². The lowest BCUT2D eigenvalue weighted by Crippen LogP contribution is -2.40. The number of carbonyl (C=O) groups is 2. The molecule has 0 spiro atoms. The molecule has 1 N–H and O–H groups in total. The molecule has 1 aromatic heterocycles. The van der Waals surface area contributed by atoms with Crippen molar-refractivity contribution in [1.82, 2.24) is 19.7 Å². The van der Waals surface area contributed by atoms with E-state index in [1.807, 2.05) is 11.6 Å². The number of likely N-dealkylation sites (tertiary alicyclic amines) is 1. The zero-order chi connectivity index (χ0) is 13.1. The summed E-state index contributed by atoms with van der Waals surface area (Å²) >= 11 is 0. The minimum absolute atomic E-state index is 0.143. The van der Waals surface area contributed by atoms with Gasteiger partial charge in [0.2, 0.25) is 5.91 Å². The highest BCUT2D eigenvalue weighted by Gasteiger charge is 2.28. The first-order valence-electron chi connectivity index (χ1n) is 5.91. The predicted octanol–water partition coefficient (Wildman–Crippen LogP) is -0.00420. The van der Waals surface area contributed by atoms with Crippen LogP contribution in [0.15, 0.2) is 6.33 Å². The van der Waals surface area contributed by atoms with E-state index in [1.54, 1.807) is 11.2 Å². The molecule has 0 saturated carbocycles. The van der Waals surface area contributed by atoms with E-state index in [1.165, 1.54) is 0 Å². The number of nitrogens with zero attached hydrogens (tertiary/aromatic N) is 4. The lowest BCUT2D eigenvalue weighted by atomic mass is 9.97. The van der Waals surface area contributed by atoms with Gasteiger partial charge in [-0.15, -0.1) is 10.2 Å². The van der Waals surface area contributed by atoms with Crippen molar-refractivity contribution in [2.75, 3.05) is 13.1 Å². The molecule has 1 aliphatic rings. The lowest BCUT2D eigenvalue weighted by molar-refractivity contribution is -0.144. The molecule has 0 radical (unpaired) electrons. The summed E-state index contributed by atoms with van der Waals surface area (Å²) in [4.78, 5) is 23.9. The fourth-order valence-electron chi connectivity index (χ4n) is 2.32. The van der Waals surface area contributed by atoms with E-state index >= 15 is 0 Å². The fourth-order valence-corrected chi connectivity index (χ4v) is 2.32. The Labute approximate surface area is 104 Å². The van der Waals surface area contributed by atoms with Crippen molar-refractivity contribution >= 4 is 11.9 Å². The number of amides is 1. The van der Waals surface area contributed by atoms with Crippen molar-refractivity contribution in [3.05, 3.63) is 12.2 Å². The zero-order valence-electron chi connectivity index (χ0n) is 10.2. The molecule has 1 amide bonds. The summed E-state index contributed by atoms with van der Waals surface area (Å²) < 4.78 is 1.84. The fraction of sp³-hybridized carbons (Fsp3) is 0.636. The van der Waals surface area contributed by atoms with Crippen LogP contribution in [0.25, 0.3) is 0 Å². The molecule has 1 saturated heterocycles. The van der Waals surface area contributed by atoms with Crippen LogP contribution in [0.3, 0.4) is 0 Å². The molecule has 2 rings (SSSR count). The van der Waals surface area contributed by atoms with E-state index in [0.29, 0.717) is 13.1 Å². The highest BCUT2D eigenvalue weighted by Crippen LogP contribution is 2.25. The van der Waals surface area contributed by atoms with Gasteiger partial charge >= 0.3 is 5.97 Å². The first-order valence-corrected chi connectivity index (χ1v) is 5.91. The van der Waals surface area contributed by atoms with Gasteiger partial charge in [0, 0.05) is 26.1 Å². The van der Waals surface area contributed by atoms with Gasteiger partial charge in [-0.3, -0.25) is 9.59 Å². The molecule has 1 aliphatic heterocycles. The van der Waals surface area contributed by atoms with Crippen molar-refractivity contribution in [3.8, 4) is 0 Å². The number of aryl methyl sites for hydroxylation is 1. The van der Waals surface area contributed by atoms with Crippen LogP contribution in [0.1, 0.15) is 31.0 Å². The second-order valence-electron chi connectivity index (χ2n) is 4.55. The third kappa shape index (κ3) is 2.66. The van der Waals surface area contributed by atoms with E-state index in [4.69, 9.17) is 5.11 Å². The van der Waals surface area contributed by atoms with Crippen molar-refractivity contribution in [2.45, 2.75) is 25.2 Å². The van der Waals surface area contributed by atoms with Gasteiger partial charge in [-0.2, -0.15) is 0 Å². The van der Waals surface area contributed by atoms with Gasteiger partial charge in [-0.25, -0.2) is 0 Å². The molecule has 1 aromatic rings. The highest BCUT2D eigenvalue weighted by atomic mass is 16.4. The van der Waals surface area contributed by atoms with Crippen LogP contribution in [0, 0.1) is 0 Å². The summed E-state index contributed by atoms with van der Waals surface area (Å²) in [5, 5.41) is 16.5. The number of rotatable bonds is 3. The molecule has 0 bridgehead atoms. The molecular weight excluding hydrogens is 236 g/mol. The summed E-state index contributed by atoms with van der Waals surface area (Å²) in [5.41, 5.74) is 0. The van der Waals surface area contributed by atoms with Gasteiger partial charge in [0.15, 0.2) is 0 Å². The highest BCUT2D eigenvalue weighted by molar-refractivity contribution is 5.93. The van der Waals surface area contributed by atoms with Crippen molar-refractivity contribution in [2.24, 2.45) is 7.05 Å². The van der Waals surface area contributed by atoms with E-state index in [0.717, 1.165) is 18.7 Å². The topological polar surface area (TPSA) is 88.3 Å². The molecule has 98 valence electrons. The second-order valence-corrected chi connectivity index (χ2v) is 4.55. The average molecular weight is 252 g/mol. The first kappa shape index (κ1) is 12.5. The molecule has 0 aromatic carbocycles. The molecule has 7 heteroatoms. The van der Waals surface area contributed by atoms with Crippen LogP contribution in [-0.4, -0.2) is 49.7 Å². The zero-order valence-corrected chi connectivity index (χ0v) is 10.2. The number of carboxylic acid groups (broad SMARTS) is 1. The van der Waals surface area contributed by atoms with Gasteiger partial charge in [0.1, 0.15) is 18.6 Å². The summed E-state index contributed by atoms with van der Waals surface area (Å²) in [5.74, 6) is -0.415. The summed E-state index contributed by atoms with van der Waals surface area (Å²) in [6.45, 7) is 1.15. The Morgan fingerprint density at radius 2 is 2.33 bits per heavy atom. The van der Waals surface area contributed by atoms with Gasteiger partial charge in [0.05, 0.1) is 0 Å². The monoisotopic (exact) mass is 252 g/mol. The molecule has 1 unspecified atom stereocenters. The van der Waals surface area contributed by atoms with Crippen LogP contribution in [0.5, 0.6) is 0 Å². The lowest BCUT2D eigenvalue weighted by Gasteiger charge is -2.31. The standard InChI is InChI=1S/C11H16N4O3/c1-14-7-12-13-11(14)8-3-2-4-15(6-8)9(16)5-10(17)18/h7-8H,2-6H2,1H3,(H,17,18). The Hall–Kier alpha value is -1.92. The number of carbonyl (C=O) groups excluding carboxylic acids is 1. The van der Waals surface area contributed by atoms with Gasteiger partial charge in [0.25, 0.3) is 0 Å². The van der Waals surface area contributed by atoms with Crippen molar-refractivity contribution < 1.29 is 14.7 Å². The minimum Gasteiger partial charge on any atom is -0.481 e. The van der Waals surface area contributed by atoms with Crippen LogP contribution in [-0.2, 0) is 16.6 Å². The Kier molecular flexibility index (Phi) is 3.59. The summed E-state index contributed by atoms with van der Waals surface area (Å²) in [6.07, 6.45) is 3.01. The molecule has 1 fully saturated rings. The van der Waals surface area contributed by atoms with Crippen LogP contribution >= 0.6 is 0 Å². The van der Waals surface area contributed by atoms with Gasteiger partial charge in [-0.05, 0) is 12.8 Å². The number of aromatic nitrogens is 3. The SMILES string of the molecule is Cn1cnnc1C1CCCN(C(=O)CC(=O)O)C1. The van der Waals surface area contributed by atoms with E-state index in [2.05, 4.69) is 10.2 Å². The van der Waals surface area contributed by atoms with Crippen LogP contribution in [0.2, 0.25) is 0 Å². The van der Waals surface area contributed by atoms with Gasteiger partial charge in [-0.1, -0.05) is 0 Å². The third-order valence-corrected chi connectivity index (χ3v) is 3.19. The Balaban J connectivity index is 2.03. The Morgan fingerprint density at radius 1 is 1.56 bits per heavy atom. The number of carboxylic acids is 1.